The Hall–Kier alpha value is -2.48. The van der Waals surface area contributed by atoms with Crippen molar-refractivity contribution in [2.45, 2.75) is 88.3 Å². The summed E-state index contributed by atoms with van der Waals surface area (Å²) in [6.45, 7) is 20.3. The molecule has 0 atom stereocenters. The molecule has 2 aromatic rings. The summed E-state index contributed by atoms with van der Waals surface area (Å²) < 4.78 is 8.57. The predicted molar refractivity (Wildman–Crippen MR) is 223 cm³/mol. The average Bonchev–Trinajstić information content (AvgIpc) is 3.44. The van der Waals surface area contributed by atoms with Crippen LogP contribution < -0.4 is 6.54 Å². The number of hydrogen-bond donors (Lipinski definition) is 0. The molecule has 0 saturated heterocycles. The van der Waals surface area contributed by atoms with Crippen LogP contribution in [-0.2, 0) is 41.1 Å². The molecule has 0 aliphatic heterocycles. The normalized spacial score (nSPS) is 13.0. The van der Waals surface area contributed by atoms with E-state index in [0.29, 0.717) is 0 Å². The van der Waals surface area contributed by atoms with Gasteiger partial charge in [-0.15, -0.1) is 0 Å². The maximum absolute atomic E-state index is 6.97. The molecule has 2 aromatic carbocycles. The molecule has 4 heteroatoms. The van der Waals surface area contributed by atoms with Crippen molar-refractivity contribution >= 4 is 36.6 Å². The number of fused-ring (bicyclic) bond motifs is 2. The Labute approximate surface area is 313 Å². The third-order valence-corrected chi connectivity index (χ3v) is 26.4. The first-order valence-corrected chi connectivity index (χ1v) is 32.2. The van der Waals surface area contributed by atoms with Crippen molar-refractivity contribution in [3.63, 3.8) is 0 Å². The Bertz CT molecular complexity index is 2100. The second-order valence-electron chi connectivity index (χ2n) is 17.3. The maximum atomic E-state index is 6.97. The van der Waals surface area contributed by atoms with E-state index in [1.54, 1.807) is 6.54 Å². The molecular formula is C46H52Cl2SiZr. The number of benzene rings is 2. The van der Waals surface area contributed by atoms with Gasteiger partial charge in [0.1, 0.15) is 0 Å². The third-order valence-electron chi connectivity index (χ3n) is 10.8. The van der Waals surface area contributed by atoms with Crippen LogP contribution in [-0.4, -0.2) is 6.88 Å². The van der Waals surface area contributed by atoms with Crippen LogP contribution in [0.4, 0.5) is 0 Å². The second kappa shape index (κ2) is 13.2. The Balaban J connectivity index is 1.57. The summed E-state index contributed by atoms with van der Waals surface area (Å²) in [6.07, 6.45) is 2.00. The van der Waals surface area contributed by atoms with Crippen LogP contribution in [0.25, 0.3) is 44.5 Å². The van der Waals surface area contributed by atoms with Crippen molar-refractivity contribution < 1.29 is 17.4 Å². The molecule has 0 aromatic heterocycles. The molecule has 0 nitrogen and oxygen atoms in total. The van der Waals surface area contributed by atoms with Gasteiger partial charge in [0.15, 0.2) is 0 Å². The molecule has 50 heavy (non-hydrogen) atoms. The van der Waals surface area contributed by atoms with Crippen LogP contribution in [0.1, 0.15) is 77.6 Å². The molecule has 0 radical (unpaired) electrons. The molecule has 258 valence electrons. The average molecular weight is 795 g/mol. The van der Waals surface area contributed by atoms with E-state index in [9.17, 15) is 0 Å². The topological polar surface area (TPSA) is 0 Å². The van der Waals surface area contributed by atoms with E-state index in [1.807, 2.05) is 0 Å². The van der Waals surface area contributed by atoms with Gasteiger partial charge in [0.25, 0.3) is 0 Å². The fourth-order valence-corrected chi connectivity index (χ4v) is 26.6. The van der Waals surface area contributed by atoms with Crippen LogP contribution >= 0.6 is 23.2 Å². The van der Waals surface area contributed by atoms with Gasteiger partial charge in [-0.3, -0.25) is 0 Å². The van der Waals surface area contributed by atoms with Crippen LogP contribution in [0.2, 0.25) is 19.3 Å². The van der Waals surface area contributed by atoms with Crippen LogP contribution in [0.3, 0.4) is 0 Å². The van der Waals surface area contributed by atoms with E-state index >= 15 is 0 Å². The zero-order valence-electron chi connectivity index (χ0n) is 31.6. The van der Waals surface area contributed by atoms with Gasteiger partial charge in [-0.25, -0.2) is 0 Å². The third kappa shape index (κ3) is 6.53. The van der Waals surface area contributed by atoms with Gasteiger partial charge in [-0.1, -0.05) is 0 Å². The Morgan fingerprint density at radius 2 is 0.840 bits per heavy atom. The molecule has 4 aliphatic rings. The summed E-state index contributed by atoms with van der Waals surface area (Å²) in [4.78, 5) is 0. The molecule has 4 aliphatic carbocycles. The SMILES string of the molecule is CCc1cc2c(-c3ccc(C(C)(C)C)c(Cl)c3)ccccc-2[c]1[Zr]([CH3])([CH3])(=[SiH2])[c]1c(CC)cc2c(-c3ccc(C(C)(C)C)c(Cl)c3)ccccc1-2. The minimum atomic E-state index is -3.99. The fraction of sp³-hybridized carbons (Fsp3) is 0.304. The van der Waals surface area contributed by atoms with E-state index in [0.717, 1.165) is 22.9 Å². The van der Waals surface area contributed by atoms with Crippen molar-refractivity contribution in [2.75, 3.05) is 0 Å². The summed E-state index contributed by atoms with van der Waals surface area (Å²) in [5.41, 5.74) is 15.6. The molecule has 0 spiro atoms. The zero-order chi connectivity index (χ0) is 36.4. The first-order chi connectivity index (χ1) is 23.4. The Morgan fingerprint density at radius 3 is 1.14 bits per heavy atom. The summed E-state index contributed by atoms with van der Waals surface area (Å²) >= 11 is 9.95. The van der Waals surface area contributed by atoms with Gasteiger partial charge >= 0.3 is 316 Å². The van der Waals surface area contributed by atoms with Gasteiger partial charge < -0.3 is 0 Å². The molecule has 0 N–H and O–H groups in total. The van der Waals surface area contributed by atoms with Crippen molar-refractivity contribution in [3.05, 3.63) is 129 Å². The number of aryl methyl sites for hydroxylation is 2. The first-order valence-electron chi connectivity index (χ1n) is 18.1. The minimum absolute atomic E-state index is 0.0128. The van der Waals surface area contributed by atoms with Gasteiger partial charge in [0.2, 0.25) is 0 Å². The Kier molecular flexibility index (Phi) is 9.83. The number of hydrogen-bond acceptors (Lipinski definition) is 0. The molecule has 0 amide bonds. The van der Waals surface area contributed by atoms with E-state index in [-0.39, 0.29) is 10.8 Å². The Morgan fingerprint density at radius 1 is 0.500 bits per heavy atom. The van der Waals surface area contributed by atoms with E-state index in [4.69, 9.17) is 23.2 Å². The standard InChI is InChI=1S/2C22H22Cl.2CH3.H2Si.Zr/c2*1-5-15-12-16-8-6-7-9-18(19(16)13-15)17-10-11-20(21(23)14-17)22(2,3)4;;;;/h2*6-11,13-14H,5H2,1-4H3;2*1H3;1H2;. The van der Waals surface area contributed by atoms with E-state index < -0.39 is 17.4 Å². The zero-order valence-corrected chi connectivity index (χ0v) is 37.0. The van der Waals surface area contributed by atoms with Crippen LogP contribution in [0, 0.1) is 0 Å². The van der Waals surface area contributed by atoms with Gasteiger partial charge in [0, 0.05) is 0 Å². The van der Waals surface area contributed by atoms with E-state index in [2.05, 4.69) is 169 Å². The fourth-order valence-electron chi connectivity index (χ4n) is 8.50. The molecule has 0 heterocycles. The summed E-state index contributed by atoms with van der Waals surface area (Å²) in [5.74, 6) is 0. The van der Waals surface area contributed by atoms with Gasteiger partial charge in [-0.05, 0) is 0 Å². The molecule has 0 bridgehead atoms. The van der Waals surface area contributed by atoms with Crippen LogP contribution in [0.5, 0.6) is 0 Å². The monoisotopic (exact) mass is 792 g/mol. The molecular weight excluding hydrogens is 743 g/mol. The molecule has 0 unspecified atom stereocenters. The van der Waals surface area contributed by atoms with Gasteiger partial charge in [0.05, 0.1) is 0 Å². The summed E-state index contributed by atoms with van der Waals surface area (Å²) in [7, 11) is 0. The first kappa shape index (κ1) is 37.3. The van der Waals surface area contributed by atoms with Gasteiger partial charge in [-0.2, -0.15) is 0 Å². The predicted octanol–water partition coefficient (Wildman–Crippen LogP) is 12.5. The van der Waals surface area contributed by atoms with Crippen LogP contribution in [0.15, 0.2) is 97.1 Å². The second-order valence-corrected chi connectivity index (χ2v) is 46.3. The van der Waals surface area contributed by atoms with Crippen molar-refractivity contribution in [2.24, 2.45) is 0 Å². The molecule has 6 rings (SSSR count). The number of halogens is 2. The van der Waals surface area contributed by atoms with E-state index in [1.165, 1.54) is 66.8 Å². The summed E-state index contributed by atoms with van der Waals surface area (Å²) in [6, 6.07) is 36.5. The molecule has 0 fully saturated rings. The molecule has 0 saturated carbocycles. The van der Waals surface area contributed by atoms with Crippen molar-refractivity contribution in [3.8, 4) is 44.5 Å². The van der Waals surface area contributed by atoms with Crippen molar-refractivity contribution in [1.29, 1.82) is 0 Å². The quantitative estimate of drug-likeness (QED) is 0.147. The van der Waals surface area contributed by atoms with Crippen molar-refractivity contribution in [1.82, 2.24) is 0 Å². The number of rotatable bonds is 6. The summed E-state index contributed by atoms with van der Waals surface area (Å²) in [5, 5.41) is 1.66.